The number of halogens is 1. The quantitative estimate of drug-likeness (QED) is 0.683. The van der Waals surface area contributed by atoms with E-state index >= 15 is 0 Å². The van der Waals surface area contributed by atoms with Crippen LogP contribution in [-0.2, 0) is 10.0 Å². The normalized spacial score (nSPS) is 11.9. The molecule has 0 spiro atoms. The first-order chi connectivity index (χ1) is 13.0. The highest BCUT2D eigenvalue weighted by Gasteiger charge is 2.29. The van der Waals surface area contributed by atoms with Crippen molar-refractivity contribution in [3.8, 4) is 0 Å². The van der Waals surface area contributed by atoms with Crippen LogP contribution in [0.3, 0.4) is 0 Å². The molecule has 0 aliphatic carbocycles. The van der Waals surface area contributed by atoms with Gasteiger partial charge in [0.1, 0.15) is 21.7 Å². The van der Waals surface area contributed by atoms with Crippen LogP contribution in [-0.4, -0.2) is 36.4 Å². The van der Waals surface area contributed by atoms with Crippen LogP contribution in [0.1, 0.15) is 44.5 Å². The molecule has 0 aromatic carbocycles. The maximum Gasteiger partial charge on any atom is 0.268 e. The molecule has 10 heteroatoms. The number of carbonyl (C=O) groups excluding carboxylic acids is 1. The molecule has 1 amide bonds. The Hall–Kier alpha value is -2.39. The van der Waals surface area contributed by atoms with Gasteiger partial charge >= 0.3 is 0 Å². The predicted octanol–water partition coefficient (Wildman–Crippen LogP) is 2.85. The van der Waals surface area contributed by atoms with Gasteiger partial charge in [-0.3, -0.25) is 4.79 Å². The first-order valence-corrected chi connectivity index (χ1v) is 10.6. The van der Waals surface area contributed by atoms with Gasteiger partial charge in [0, 0.05) is 18.3 Å². The van der Waals surface area contributed by atoms with Crippen LogP contribution in [0.15, 0.2) is 35.4 Å². The van der Waals surface area contributed by atoms with Crippen molar-refractivity contribution in [2.45, 2.75) is 44.6 Å². The number of sulfonamides is 1. The number of hydrogen-bond acceptors (Lipinski definition) is 7. The third-order valence-corrected chi connectivity index (χ3v) is 5.50. The lowest BCUT2D eigenvalue weighted by Gasteiger charge is -2.37. The number of aromatic nitrogens is 2. The number of hydrogen-bond donors (Lipinski definition) is 2. The van der Waals surface area contributed by atoms with Crippen LogP contribution in [0.4, 0.5) is 11.6 Å². The Labute approximate surface area is 170 Å². The molecule has 0 bridgehead atoms. The second kappa shape index (κ2) is 8.32. The molecule has 28 heavy (non-hydrogen) atoms. The summed E-state index contributed by atoms with van der Waals surface area (Å²) in [6, 6.07) is 5.60. The Bertz CT molecular complexity index is 973. The summed E-state index contributed by atoms with van der Waals surface area (Å²) >= 11 is 6.05. The first kappa shape index (κ1) is 21.9. The highest BCUT2D eigenvalue weighted by Crippen LogP contribution is 2.28. The molecule has 0 aliphatic heterocycles. The Kier molecular flexibility index (Phi) is 6.51. The Balaban J connectivity index is 2.48. The standard InChI is InChI=1S/C18H24ClN5O3S/c1-5-11-24(18(2,3)4)16-12(8-9-14(19)22-16)17(25)23-28(26,27)13-7-6-10-21-15(13)20/h6-10H,5,11H2,1-4H3,(H2,20,21)(H,23,25). The summed E-state index contributed by atoms with van der Waals surface area (Å²) in [5, 5.41) is 0.205. The first-order valence-electron chi connectivity index (χ1n) is 8.69. The van der Waals surface area contributed by atoms with E-state index in [9.17, 15) is 13.2 Å². The fourth-order valence-electron chi connectivity index (χ4n) is 2.65. The second-order valence-electron chi connectivity index (χ2n) is 7.15. The van der Waals surface area contributed by atoms with Crippen molar-refractivity contribution in [2.24, 2.45) is 0 Å². The van der Waals surface area contributed by atoms with Crippen molar-refractivity contribution < 1.29 is 13.2 Å². The zero-order chi connectivity index (χ0) is 21.1. The fourth-order valence-corrected chi connectivity index (χ4v) is 3.85. The smallest absolute Gasteiger partial charge is 0.268 e. The molecular formula is C18H24ClN5O3S. The molecule has 0 atom stereocenters. The third-order valence-electron chi connectivity index (χ3n) is 3.91. The highest BCUT2D eigenvalue weighted by molar-refractivity contribution is 7.90. The Morgan fingerprint density at radius 2 is 1.96 bits per heavy atom. The molecule has 0 fully saturated rings. The Morgan fingerprint density at radius 3 is 2.54 bits per heavy atom. The van der Waals surface area contributed by atoms with Crippen molar-refractivity contribution in [1.29, 1.82) is 0 Å². The number of nitrogens with zero attached hydrogens (tertiary/aromatic N) is 3. The van der Waals surface area contributed by atoms with Crippen LogP contribution >= 0.6 is 11.6 Å². The summed E-state index contributed by atoms with van der Waals surface area (Å²) in [6.45, 7) is 8.53. The minimum atomic E-state index is -4.20. The number of anilines is 2. The minimum Gasteiger partial charge on any atom is -0.383 e. The van der Waals surface area contributed by atoms with E-state index in [0.717, 1.165) is 6.42 Å². The van der Waals surface area contributed by atoms with Gasteiger partial charge in [-0.05, 0) is 51.5 Å². The molecule has 0 radical (unpaired) electrons. The second-order valence-corrected chi connectivity index (χ2v) is 9.19. The number of nitrogen functional groups attached to an aromatic ring is 1. The van der Waals surface area contributed by atoms with E-state index in [2.05, 4.69) is 9.97 Å². The van der Waals surface area contributed by atoms with E-state index in [1.165, 1.54) is 30.5 Å². The summed E-state index contributed by atoms with van der Waals surface area (Å²) in [6.07, 6.45) is 2.17. The molecule has 0 saturated heterocycles. The number of pyridine rings is 2. The fraction of sp³-hybridized carbons (Fsp3) is 0.389. The van der Waals surface area contributed by atoms with Crippen LogP contribution in [0.2, 0.25) is 5.15 Å². The topological polar surface area (TPSA) is 118 Å². The van der Waals surface area contributed by atoms with E-state index < -0.39 is 15.9 Å². The lowest BCUT2D eigenvalue weighted by molar-refractivity contribution is 0.0981. The van der Waals surface area contributed by atoms with Gasteiger partial charge in [-0.2, -0.15) is 0 Å². The largest absolute Gasteiger partial charge is 0.383 e. The molecular weight excluding hydrogens is 402 g/mol. The van der Waals surface area contributed by atoms with E-state index in [0.29, 0.717) is 12.4 Å². The van der Waals surface area contributed by atoms with Gasteiger partial charge in [0.05, 0.1) is 5.56 Å². The van der Waals surface area contributed by atoms with Crippen molar-refractivity contribution in [1.82, 2.24) is 14.7 Å². The number of amides is 1. The van der Waals surface area contributed by atoms with Gasteiger partial charge in [0.25, 0.3) is 15.9 Å². The van der Waals surface area contributed by atoms with Gasteiger partial charge in [-0.15, -0.1) is 0 Å². The average Bonchev–Trinajstić information content (AvgIpc) is 2.58. The van der Waals surface area contributed by atoms with Crippen LogP contribution in [0.5, 0.6) is 0 Å². The van der Waals surface area contributed by atoms with Gasteiger partial charge in [-0.25, -0.2) is 23.1 Å². The summed E-state index contributed by atoms with van der Waals surface area (Å²) in [5.41, 5.74) is 5.37. The predicted molar refractivity (Wildman–Crippen MR) is 110 cm³/mol. The zero-order valence-corrected chi connectivity index (χ0v) is 17.8. The molecule has 8 nitrogen and oxygen atoms in total. The third kappa shape index (κ3) is 4.90. The molecule has 2 heterocycles. The van der Waals surface area contributed by atoms with Gasteiger partial charge in [0.15, 0.2) is 0 Å². The van der Waals surface area contributed by atoms with Crippen molar-refractivity contribution in [3.05, 3.63) is 41.2 Å². The van der Waals surface area contributed by atoms with Gasteiger partial charge < -0.3 is 10.6 Å². The van der Waals surface area contributed by atoms with Gasteiger partial charge in [-0.1, -0.05) is 18.5 Å². The molecule has 152 valence electrons. The monoisotopic (exact) mass is 425 g/mol. The zero-order valence-electron chi connectivity index (χ0n) is 16.2. The minimum absolute atomic E-state index is 0.0961. The molecule has 0 saturated carbocycles. The van der Waals surface area contributed by atoms with Crippen molar-refractivity contribution in [2.75, 3.05) is 17.2 Å². The molecule has 2 aromatic heterocycles. The summed E-state index contributed by atoms with van der Waals surface area (Å²) < 4.78 is 27.2. The molecule has 2 rings (SSSR count). The molecule has 2 aromatic rings. The van der Waals surface area contributed by atoms with E-state index in [1.807, 2.05) is 37.3 Å². The molecule has 0 unspecified atom stereocenters. The number of carbonyl (C=O) groups is 1. The average molecular weight is 426 g/mol. The van der Waals surface area contributed by atoms with E-state index in [1.54, 1.807) is 0 Å². The number of rotatable bonds is 6. The van der Waals surface area contributed by atoms with Crippen molar-refractivity contribution >= 4 is 39.2 Å². The highest BCUT2D eigenvalue weighted by atomic mass is 35.5. The number of nitrogens with one attached hydrogen (secondary N) is 1. The summed E-state index contributed by atoms with van der Waals surface area (Å²) in [5.74, 6) is -0.707. The van der Waals surface area contributed by atoms with Crippen LogP contribution in [0, 0.1) is 0 Å². The Morgan fingerprint density at radius 1 is 1.29 bits per heavy atom. The van der Waals surface area contributed by atoms with Crippen LogP contribution in [0.25, 0.3) is 0 Å². The van der Waals surface area contributed by atoms with Crippen molar-refractivity contribution in [3.63, 3.8) is 0 Å². The number of nitrogens with two attached hydrogens (primary N) is 1. The lowest BCUT2D eigenvalue weighted by Crippen LogP contribution is -2.44. The summed E-state index contributed by atoms with van der Waals surface area (Å²) in [7, 11) is -4.20. The SMILES string of the molecule is CCCN(c1nc(Cl)ccc1C(=O)NS(=O)(=O)c1cccnc1N)C(C)(C)C. The maximum absolute atomic E-state index is 12.9. The van der Waals surface area contributed by atoms with E-state index in [4.69, 9.17) is 17.3 Å². The van der Waals surface area contributed by atoms with Crippen LogP contribution < -0.4 is 15.4 Å². The molecule has 3 N–H and O–H groups in total. The lowest BCUT2D eigenvalue weighted by atomic mass is 10.0. The van der Waals surface area contributed by atoms with E-state index in [-0.39, 0.29) is 27.0 Å². The summed E-state index contributed by atoms with van der Waals surface area (Å²) in [4.78, 5) is 22.5. The molecule has 0 aliphatic rings. The van der Waals surface area contributed by atoms with Gasteiger partial charge in [0.2, 0.25) is 0 Å². The maximum atomic E-state index is 12.9.